The van der Waals surface area contributed by atoms with Gasteiger partial charge in [-0.1, -0.05) is 29.8 Å². The lowest BCUT2D eigenvalue weighted by molar-refractivity contribution is -0.141. The fourth-order valence-corrected chi connectivity index (χ4v) is 2.32. The van der Waals surface area contributed by atoms with Gasteiger partial charge in [0.2, 0.25) is 0 Å². The number of carboxylic acids is 1. The van der Waals surface area contributed by atoms with Gasteiger partial charge in [0.15, 0.2) is 0 Å². The van der Waals surface area contributed by atoms with E-state index in [4.69, 9.17) is 16.7 Å². The van der Waals surface area contributed by atoms with Crippen LogP contribution in [0.4, 0.5) is 0 Å². The number of carbonyl (C=O) groups is 1. The molecule has 2 atom stereocenters. The SMILES string of the molecule is Cl.O=C(O)[C@H]1CNC[C@@H]1c1ccccc1Cl. The second-order valence-electron chi connectivity index (χ2n) is 3.73. The monoisotopic (exact) mass is 261 g/mol. The first kappa shape index (κ1) is 13.3. The summed E-state index contributed by atoms with van der Waals surface area (Å²) in [7, 11) is 0. The van der Waals surface area contributed by atoms with E-state index in [1.165, 1.54) is 0 Å². The molecule has 0 aliphatic carbocycles. The van der Waals surface area contributed by atoms with Crippen LogP contribution in [-0.2, 0) is 4.79 Å². The van der Waals surface area contributed by atoms with E-state index < -0.39 is 5.97 Å². The van der Waals surface area contributed by atoms with Gasteiger partial charge in [-0.3, -0.25) is 4.79 Å². The quantitative estimate of drug-likeness (QED) is 0.858. The molecule has 0 aromatic heterocycles. The molecular weight excluding hydrogens is 249 g/mol. The topological polar surface area (TPSA) is 49.3 Å². The van der Waals surface area contributed by atoms with Crippen LogP contribution in [0.5, 0.6) is 0 Å². The summed E-state index contributed by atoms with van der Waals surface area (Å²) in [6.07, 6.45) is 0. The highest BCUT2D eigenvalue weighted by Crippen LogP contribution is 2.32. The molecule has 2 N–H and O–H groups in total. The molecule has 3 nitrogen and oxygen atoms in total. The van der Waals surface area contributed by atoms with Gasteiger partial charge < -0.3 is 10.4 Å². The van der Waals surface area contributed by atoms with Gasteiger partial charge in [-0.05, 0) is 11.6 Å². The van der Waals surface area contributed by atoms with E-state index in [-0.39, 0.29) is 24.2 Å². The van der Waals surface area contributed by atoms with Crippen molar-refractivity contribution in [2.45, 2.75) is 5.92 Å². The number of rotatable bonds is 2. The van der Waals surface area contributed by atoms with Crippen LogP contribution in [0.3, 0.4) is 0 Å². The van der Waals surface area contributed by atoms with Crippen LogP contribution in [-0.4, -0.2) is 24.2 Å². The minimum absolute atomic E-state index is 0. The van der Waals surface area contributed by atoms with E-state index in [0.717, 1.165) is 5.56 Å². The van der Waals surface area contributed by atoms with Crippen molar-refractivity contribution >= 4 is 30.0 Å². The van der Waals surface area contributed by atoms with Crippen LogP contribution >= 0.6 is 24.0 Å². The van der Waals surface area contributed by atoms with Crippen molar-refractivity contribution in [3.8, 4) is 0 Å². The van der Waals surface area contributed by atoms with E-state index in [9.17, 15) is 4.79 Å². The molecule has 1 heterocycles. The van der Waals surface area contributed by atoms with E-state index >= 15 is 0 Å². The molecule has 16 heavy (non-hydrogen) atoms. The zero-order valence-corrected chi connectivity index (χ0v) is 10.1. The van der Waals surface area contributed by atoms with Crippen molar-refractivity contribution in [2.75, 3.05) is 13.1 Å². The predicted molar refractivity (Wildman–Crippen MR) is 65.4 cm³/mol. The Hall–Kier alpha value is -0.770. The zero-order valence-electron chi connectivity index (χ0n) is 8.52. The molecule has 0 saturated carbocycles. The maximum Gasteiger partial charge on any atom is 0.308 e. The van der Waals surface area contributed by atoms with Crippen LogP contribution in [0.25, 0.3) is 0 Å². The standard InChI is InChI=1S/C11H12ClNO2.ClH/c12-10-4-2-1-3-7(10)8-5-13-6-9(8)11(14)15;/h1-4,8-9,13H,5-6H2,(H,14,15);1H/t8-,9+;/m1./s1. The third kappa shape index (κ3) is 2.48. The van der Waals surface area contributed by atoms with Gasteiger partial charge in [0.25, 0.3) is 0 Å². The van der Waals surface area contributed by atoms with Crippen LogP contribution in [0.2, 0.25) is 5.02 Å². The van der Waals surface area contributed by atoms with Crippen molar-refractivity contribution in [1.29, 1.82) is 0 Å². The first-order valence-corrected chi connectivity index (χ1v) is 5.26. The van der Waals surface area contributed by atoms with Gasteiger partial charge in [0.05, 0.1) is 5.92 Å². The highest BCUT2D eigenvalue weighted by atomic mass is 35.5. The Labute approximate surface area is 105 Å². The summed E-state index contributed by atoms with van der Waals surface area (Å²) in [4.78, 5) is 11.0. The summed E-state index contributed by atoms with van der Waals surface area (Å²) in [5.74, 6) is -1.15. The smallest absolute Gasteiger partial charge is 0.308 e. The zero-order chi connectivity index (χ0) is 10.8. The third-order valence-electron chi connectivity index (χ3n) is 2.84. The highest BCUT2D eigenvalue weighted by Gasteiger charge is 2.34. The van der Waals surface area contributed by atoms with E-state index in [1.807, 2.05) is 18.2 Å². The van der Waals surface area contributed by atoms with Gasteiger partial charge >= 0.3 is 5.97 Å². The number of halogens is 2. The van der Waals surface area contributed by atoms with Gasteiger partial charge in [0, 0.05) is 24.0 Å². The second-order valence-corrected chi connectivity index (χ2v) is 4.14. The van der Waals surface area contributed by atoms with Gasteiger partial charge in [-0.15, -0.1) is 12.4 Å². The molecule has 1 saturated heterocycles. The van der Waals surface area contributed by atoms with Crippen LogP contribution in [0.1, 0.15) is 11.5 Å². The van der Waals surface area contributed by atoms with Crippen LogP contribution in [0, 0.1) is 5.92 Å². The molecule has 88 valence electrons. The lowest BCUT2D eigenvalue weighted by atomic mass is 9.89. The Balaban J connectivity index is 0.00000128. The first-order valence-electron chi connectivity index (χ1n) is 4.88. The molecule has 1 aromatic carbocycles. The van der Waals surface area contributed by atoms with Crippen molar-refractivity contribution in [3.63, 3.8) is 0 Å². The number of hydrogen-bond donors (Lipinski definition) is 2. The molecule has 0 bridgehead atoms. The Morgan fingerprint density at radius 3 is 2.69 bits per heavy atom. The molecule has 1 aliphatic heterocycles. The summed E-state index contributed by atoms with van der Waals surface area (Å²) in [5, 5.41) is 12.8. The number of hydrogen-bond acceptors (Lipinski definition) is 2. The number of benzene rings is 1. The van der Waals surface area contributed by atoms with Crippen molar-refractivity contribution in [2.24, 2.45) is 5.92 Å². The maximum absolute atomic E-state index is 11.0. The average molecular weight is 262 g/mol. The summed E-state index contributed by atoms with van der Waals surface area (Å²) < 4.78 is 0. The Morgan fingerprint density at radius 1 is 1.38 bits per heavy atom. The highest BCUT2D eigenvalue weighted by molar-refractivity contribution is 6.31. The van der Waals surface area contributed by atoms with Gasteiger partial charge in [-0.2, -0.15) is 0 Å². The third-order valence-corrected chi connectivity index (χ3v) is 3.18. The second kappa shape index (κ2) is 5.53. The van der Waals surface area contributed by atoms with Gasteiger partial charge in [-0.25, -0.2) is 0 Å². The number of carboxylic acid groups (broad SMARTS) is 1. The number of aliphatic carboxylic acids is 1. The molecule has 5 heteroatoms. The summed E-state index contributed by atoms with van der Waals surface area (Å²) in [6, 6.07) is 7.44. The Bertz CT molecular complexity index is 384. The first-order chi connectivity index (χ1) is 7.20. The lowest BCUT2D eigenvalue weighted by Crippen LogP contribution is -2.21. The molecule has 1 aromatic rings. The average Bonchev–Trinajstić information content (AvgIpc) is 2.67. The normalized spacial score (nSPS) is 23.8. The molecule has 1 fully saturated rings. The van der Waals surface area contributed by atoms with Gasteiger partial charge in [0.1, 0.15) is 0 Å². The molecule has 0 radical (unpaired) electrons. The largest absolute Gasteiger partial charge is 0.481 e. The predicted octanol–water partition coefficient (Wildman–Crippen LogP) is 2.15. The van der Waals surface area contributed by atoms with Crippen LogP contribution in [0.15, 0.2) is 24.3 Å². The molecule has 0 spiro atoms. The molecule has 1 aliphatic rings. The summed E-state index contributed by atoms with van der Waals surface area (Å²) >= 11 is 6.05. The van der Waals surface area contributed by atoms with E-state index in [0.29, 0.717) is 18.1 Å². The molecular formula is C11H13Cl2NO2. The fraction of sp³-hybridized carbons (Fsp3) is 0.364. The molecule has 0 unspecified atom stereocenters. The van der Waals surface area contributed by atoms with Crippen LogP contribution < -0.4 is 5.32 Å². The fourth-order valence-electron chi connectivity index (χ4n) is 2.04. The molecule has 0 amide bonds. The van der Waals surface area contributed by atoms with E-state index in [2.05, 4.69) is 5.32 Å². The minimum Gasteiger partial charge on any atom is -0.481 e. The summed E-state index contributed by atoms with van der Waals surface area (Å²) in [6.45, 7) is 1.20. The Kier molecular flexibility index (Phi) is 4.59. The summed E-state index contributed by atoms with van der Waals surface area (Å²) in [5.41, 5.74) is 0.927. The minimum atomic E-state index is -0.759. The van der Waals surface area contributed by atoms with Crippen molar-refractivity contribution in [3.05, 3.63) is 34.9 Å². The van der Waals surface area contributed by atoms with Crippen molar-refractivity contribution in [1.82, 2.24) is 5.32 Å². The Morgan fingerprint density at radius 2 is 2.06 bits per heavy atom. The molecule has 2 rings (SSSR count). The lowest BCUT2D eigenvalue weighted by Gasteiger charge is -2.16. The number of nitrogens with one attached hydrogen (secondary N) is 1. The maximum atomic E-state index is 11.0. The van der Waals surface area contributed by atoms with E-state index in [1.54, 1.807) is 6.07 Å². The van der Waals surface area contributed by atoms with Crippen molar-refractivity contribution < 1.29 is 9.90 Å².